The second-order valence-electron chi connectivity index (χ2n) is 32.2. The first-order chi connectivity index (χ1) is 92.9. The highest BCUT2D eigenvalue weighted by molar-refractivity contribution is 5.48. The third kappa shape index (κ3) is 49.5. The van der Waals surface area contributed by atoms with Gasteiger partial charge in [-0.2, -0.15) is 0 Å². The van der Waals surface area contributed by atoms with Crippen molar-refractivity contribution in [2.45, 2.75) is 232 Å². The molecule has 0 saturated carbocycles. The Bertz CT molecular complexity index is 7980. The molecule has 150 heavy (non-hydrogen) atoms. The molecule has 12 rings (SSSR count). The maximum Gasteiger partial charge on any atom is 0.160 e. The summed E-state index contributed by atoms with van der Waals surface area (Å²) < 4.78 is 517. The van der Waals surface area contributed by atoms with Crippen molar-refractivity contribution >= 4 is 0 Å². The second-order valence-corrected chi connectivity index (χ2v) is 32.2. The predicted octanol–water partition coefficient (Wildman–Crippen LogP) is 25.0. The van der Waals surface area contributed by atoms with E-state index in [4.69, 9.17) is 159 Å². The second kappa shape index (κ2) is 72.3. The summed E-state index contributed by atoms with van der Waals surface area (Å²) in [6.07, 6.45) is -47.4. The smallest absolute Gasteiger partial charge is 0.160 e. The van der Waals surface area contributed by atoms with Crippen molar-refractivity contribution in [1.82, 2.24) is 0 Å². The molecule has 6 atom stereocenters. The summed E-state index contributed by atoms with van der Waals surface area (Å²) in [4.78, 5) is 0. The molecule has 0 aliphatic heterocycles. The highest BCUT2D eigenvalue weighted by Gasteiger charge is 2.18. The van der Waals surface area contributed by atoms with Gasteiger partial charge in [-0.05, 0) is 369 Å². The molecule has 0 amide bonds. The van der Waals surface area contributed by atoms with Gasteiger partial charge in [-0.1, -0.05) is 148 Å². The average molecular weight is 2120 g/mol. The van der Waals surface area contributed by atoms with Crippen molar-refractivity contribution in [3.63, 3.8) is 0 Å². The molecule has 24 heteroatoms. The number of aliphatic hydroxyl groups excluding tert-OH is 6. The van der Waals surface area contributed by atoms with Crippen LogP contribution in [0.5, 0.6) is 103 Å². The van der Waals surface area contributed by atoms with E-state index in [1.165, 1.54) is 140 Å². The van der Waals surface area contributed by atoms with Gasteiger partial charge in [0.1, 0.15) is 73.9 Å². The van der Waals surface area contributed by atoms with E-state index in [1.807, 2.05) is 13.0 Å². The summed E-state index contributed by atoms with van der Waals surface area (Å²) >= 11 is 0. The van der Waals surface area contributed by atoms with E-state index in [0.29, 0.717) is 5.75 Å². The summed E-state index contributed by atoms with van der Waals surface area (Å²) in [6, 6.07) is 60.8. The van der Waals surface area contributed by atoms with Gasteiger partial charge in [-0.15, -0.1) is 0 Å². The van der Waals surface area contributed by atoms with Gasteiger partial charge in [-0.25, -0.2) is 0 Å². The lowest BCUT2D eigenvalue weighted by Gasteiger charge is -2.13. The number of rotatable bonds is 60. The van der Waals surface area contributed by atoms with E-state index in [2.05, 4.69) is 0 Å². The molecule has 0 heterocycles. The largest absolute Gasteiger partial charge is 0.493 e. The summed E-state index contributed by atoms with van der Waals surface area (Å²) in [5, 5.41) is 62.1. The summed E-state index contributed by atoms with van der Waals surface area (Å²) in [5.74, 6) is -0.242. The molecule has 816 valence electrons. The summed E-state index contributed by atoms with van der Waals surface area (Å²) in [5.41, 5.74) is 3.95. The lowest BCUT2D eigenvalue weighted by molar-refractivity contribution is 0.0976. The minimum absolute atomic E-state index is 0.0353. The van der Waals surface area contributed by atoms with Crippen LogP contribution in [0.4, 0.5) is 0 Å². The quantitative estimate of drug-likeness (QED) is 0.0206. The first-order valence-corrected chi connectivity index (χ1v) is 46.8. The highest BCUT2D eigenvalue weighted by atomic mass is 16.5. The maximum atomic E-state index is 10.4. The molecule has 12 aromatic carbocycles. The molecule has 0 aliphatic carbocycles. The van der Waals surface area contributed by atoms with Crippen LogP contribution in [0.15, 0.2) is 255 Å². The van der Waals surface area contributed by atoms with Crippen LogP contribution in [0.3, 0.4) is 0 Å². The minimum atomic E-state index is -3.04. The first-order valence-electron chi connectivity index (χ1n) is 73.8. The molecule has 0 bridgehead atoms. The Morgan fingerprint density at radius 3 is 0.487 bits per heavy atom. The van der Waals surface area contributed by atoms with Crippen LogP contribution < -0.4 is 85.3 Å². The Morgan fingerprint density at radius 1 is 0.193 bits per heavy atom. The number of aryl methyl sites for hydroxylation is 12. The number of benzene rings is 12. The minimum Gasteiger partial charge on any atom is -0.493 e. The normalized spacial score (nSPS) is 19.4. The van der Waals surface area contributed by atoms with Gasteiger partial charge in [0.2, 0.25) is 0 Å². The van der Waals surface area contributed by atoms with Gasteiger partial charge in [0, 0.05) is 32.9 Å². The lowest BCUT2D eigenvalue weighted by atomic mass is 10.0. The standard InChI is InChI=1S/6C21H28O4/c6*1-16-7-6-10-19(13-16)25-15-18(22)9-5-4-8-17-11-12-20(23-2)21(14-17)24-3/h6*6-7,10-14,18,22H,4-5,8-9,15H2,1-3H3/i2D3,3D3,4D2,8D2,15D2;2*3D3,4D2,8D2,15D2;2*2D3,4D2,8D2,15D2;4D2,8D2,15D2. The fraction of sp³-hybridized carbons (Fsp3) is 0.429. The molecule has 0 aromatic heterocycles. The van der Waals surface area contributed by atoms with Crippen molar-refractivity contribution < 1.29 is 190 Å². The van der Waals surface area contributed by atoms with Crippen molar-refractivity contribution in [3.8, 4) is 103 Å². The van der Waals surface area contributed by atoms with Crippen LogP contribution in [-0.2, 0) is 38.2 Å². The van der Waals surface area contributed by atoms with Gasteiger partial charge in [0.05, 0.1) is 163 Å². The molecule has 0 fully saturated rings. The van der Waals surface area contributed by atoms with Gasteiger partial charge in [0.15, 0.2) is 69.0 Å². The molecule has 0 saturated heterocycles. The Hall–Kier alpha value is -13.2. The summed E-state index contributed by atoms with van der Waals surface area (Å²) in [7, 11) is -9.27. The zero-order chi connectivity index (χ0) is 156. The third-order valence-electron chi connectivity index (χ3n) is 20.1. The highest BCUT2D eigenvalue weighted by Crippen LogP contribution is 2.36. The van der Waals surface area contributed by atoms with Gasteiger partial charge < -0.3 is 116 Å². The van der Waals surface area contributed by atoms with Crippen LogP contribution in [0.2, 0.25) is 0 Å². The van der Waals surface area contributed by atoms with E-state index in [9.17, 15) is 30.6 Å². The predicted molar refractivity (Wildman–Crippen MR) is 599 cm³/mol. The molecule has 0 aliphatic rings. The third-order valence-corrected chi connectivity index (χ3v) is 20.1. The topological polar surface area (TPSA) is 288 Å². The first kappa shape index (κ1) is 65.1. The molecule has 12 aromatic rings. The van der Waals surface area contributed by atoms with Crippen LogP contribution in [-0.4, -0.2) is 192 Å². The van der Waals surface area contributed by atoms with Crippen LogP contribution in [0.25, 0.3) is 0 Å². The van der Waals surface area contributed by atoms with Gasteiger partial charge >= 0.3 is 0 Å². The lowest BCUT2D eigenvalue weighted by Crippen LogP contribution is -2.17. The Balaban J connectivity index is 0.000000324. The van der Waals surface area contributed by atoms with Crippen LogP contribution >= 0.6 is 0 Å². The molecule has 6 unspecified atom stereocenters. The fourth-order valence-electron chi connectivity index (χ4n) is 12.5. The zero-order valence-corrected chi connectivity index (χ0v) is 85.2. The monoisotopic (exact) mass is 2120 g/mol. The van der Waals surface area contributed by atoms with Crippen molar-refractivity contribution in [3.05, 3.63) is 322 Å². The SMILES string of the molecule is [2H]C([2H])(Oc1cccc(C)c1)C(O)CCC([2H])([2H])C([2H])([2H])c1ccc(OC)c(OC)c1.[2H]C([2H])([2H])Oc1cc(C([2H])([2H])C([2H])([2H])CCC(O)C([2H])([2H])Oc2cccc(C)c2)ccc1OC.[2H]C([2H])([2H])Oc1cc(C([2H])([2H])C([2H])([2H])CCC(O)C([2H])([2H])Oc2cccc(C)c2)ccc1OC.[2H]C([2H])([2H])Oc1ccc(C([2H])([2H])C([2H])([2H])CCC(O)C([2H])([2H])Oc2cccc(C)c2)cc1OC.[2H]C([2H])([2H])Oc1ccc(C([2H])([2H])C([2H])([2H])CCC(O)C([2H])([2H])Oc2cccc(C)c2)cc1OC.[2H]C([2H])([2H])Oc1ccc(C([2H])([2H])C([2H])([2H])CCC(O)C([2H])([2H])Oc2cccc(C)c2)cc1OC([2H])([2H])[2H]. The fourth-order valence-corrected chi connectivity index (χ4v) is 12.5. The van der Waals surface area contributed by atoms with Crippen molar-refractivity contribution in [2.24, 2.45) is 0 Å². The Labute approximate surface area is 968 Å². The van der Waals surface area contributed by atoms with E-state index < -0.39 is 277 Å². The van der Waals surface area contributed by atoms with E-state index >= 15 is 0 Å². The number of hydrogen-bond donors (Lipinski definition) is 6. The van der Waals surface area contributed by atoms with E-state index in [1.54, 1.807) is 144 Å². The Morgan fingerprint density at radius 2 is 0.340 bits per heavy atom. The van der Waals surface area contributed by atoms with Crippen LogP contribution in [0, 0.1) is 41.5 Å². The molecule has 0 radical (unpaired) electrons. The molecule has 0 spiro atoms. The van der Waals surface area contributed by atoms with Gasteiger partial charge in [-0.3, -0.25) is 0 Å². The zero-order valence-electron chi connectivity index (χ0n) is 139. The number of ether oxygens (including phenoxy) is 18. The number of hydrogen-bond acceptors (Lipinski definition) is 24. The van der Waals surface area contributed by atoms with Crippen molar-refractivity contribution in [2.75, 3.05) is 124 Å². The average Bonchev–Trinajstić information content (AvgIpc) is 0.781. The summed E-state index contributed by atoms with van der Waals surface area (Å²) in [6.45, 7) is -4.46. The molecule has 24 nitrogen and oxygen atoms in total. The van der Waals surface area contributed by atoms with Crippen LogP contribution in [0.1, 0.15) is 256 Å². The van der Waals surface area contributed by atoms with Gasteiger partial charge in [0.25, 0.3) is 0 Å². The number of aliphatic hydroxyl groups is 6. The van der Waals surface area contributed by atoms with E-state index in [0.717, 1.165) is 75.8 Å². The molecular weight excluding hydrogens is 1900 g/mol. The molecule has 6 N–H and O–H groups in total. The molecular formula is C126H168O24. The Kier molecular flexibility index (Phi) is 31.4. The maximum absolute atomic E-state index is 10.4. The number of methoxy groups -OCH3 is 12. The van der Waals surface area contributed by atoms with E-state index in [-0.39, 0.29) is 126 Å². The van der Waals surface area contributed by atoms with Crippen molar-refractivity contribution in [1.29, 1.82) is 0 Å².